The molecule has 2 rings (SSSR count). The van der Waals surface area contributed by atoms with Gasteiger partial charge >= 0.3 is 0 Å². The first-order valence-corrected chi connectivity index (χ1v) is 5.74. The van der Waals surface area contributed by atoms with Crippen molar-refractivity contribution in [3.63, 3.8) is 0 Å². The van der Waals surface area contributed by atoms with Crippen molar-refractivity contribution in [2.45, 2.75) is 19.4 Å². The Morgan fingerprint density at radius 3 is 2.93 bits per heavy atom. The second-order valence-electron chi connectivity index (χ2n) is 3.95. The second-order valence-corrected chi connectivity index (χ2v) is 4.70. The van der Waals surface area contributed by atoms with Crippen molar-refractivity contribution < 1.29 is 0 Å². The van der Waals surface area contributed by atoms with Crippen molar-refractivity contribution in [2.24, 2.45) is 12.8 Å². The predicted octanol–water partition coefficient (Wildman–Crippen LogP) is 2.23. The fourth-order valence-electron chi connectivity index (χ4n) is 1.77. The molecule has 0 amide bonds. The summed E-state index contributed by atoms with van der Waals surface area (Å²) in [6.07, 6.45) is 0.900. The first-order chi connectivity index (χ1) is 7.08. The van der Waals surface area contributed by atoms with Crippen LogP contribution in [0.1, 0.15) is 12.5 Å². The van der Waals surface area contributed by atoms with Crippen molar-refractivity contribution in [1.29, 1.82) is 0 Å². The largest absolute Gasteiger partial charge is 0.328 e. The zero-order valence-corrected chi connectivity index (χ0v) is 10.5. The van der Waals surface area contributed by atoms with E-state index in [2.05, 4.69) is 39.2 Å². The van der Waals surface area contributed by atoms with Crippen molar-refractivity contribution in [3.8, 4) is 0 Å². The first-order valence-electron chi connectivity index (χ1n) is 4.94. The van der Waals surface area contributed by atoms with Crippen LogP contribution in [0.2, 0.25) is 0 Å². The third kappa shape index (κ3) is 2.06. The number of halogens is 1. The number of benzene rings is 1. The zero-order valence-electron chi connectivity index (χ0n) is 8.87. The molecule has 0 bridgehead atoms. The molecule has 2 aromatic rings. The molecule has 0 aliphatic carbocycles. The average Bonchev–Trinajstić information content (AvgIpc) is 2.41. The summed E-state index contributed by atoms with van der Waals surface area (Å²) in [7, 11) is 1.94. The highest BCUT2D eigenvalue weighted by Gasteiger charge is 2.07. The lowest BCUT2D eigenvalue weighted by Gasteiger charge is -2.05. The molecule has 1 aromatic carbocycles. The molecule has 0 saturated carbocycles. The van der Waals surface area contributed by atoms with Crippen LogP contribution < -0.4 is 5.73 Å². The Kier molecular flexibility index (Phi) is 2.80. The highest BCUT2D eigenvalue weighted by molar-refractivity contribution is 9.10. The topological polar surface area (TPSA) is 43.8 Å². The van der Waals surface area contributed by atoms with Crippen molar-refractivity contribution in [1.82, 2.24) is 9.78 Å². The maximum Gasteiger partial charge on any atom is 0.135 e. The number of aryl methyl sites for hydroxylation is 1. The van der Waals surface area contributed by atoms with Gasteiger partial charge in [-0.3, -0.25) is 4.68 Å². The molecule has 3 nitrogen and oxygen atoms in total. The molecule has 0 radical (unpaired) electrons. The van der Waals surface area contributed by atoms with Gasteiger partial charge in [-0.25, -0.2) is 0 Å². The average molecular weight is 268 g/mol. The molecule has 1 heterocycles. The quantitative estimate of drug-likeness (QED) is 0.907. The number of hydrogen-bond donors (Lipinski definition) is 1. The zero-order chi connectivity index (χ0) is 11.0. The van der Waals surface area contributed by atoms with E-state index in [0.717, 1.165) is 21.9 Å². The minimum Gasteiger partial charge on any atom is -0.328 e. The molecule has 80 valence electrons. The Bertz CT molecular complexity index is 488. The SMILES string of the molecule is CC(N)Cc1ccc2c(c1)c(Br)nn2C. The van der Waals surface area contributed by atoms with E-state index in [1.807, 2.05) is 18.7 Å². The molecule has 2 N–H and O–H groups in total. The summed E-state index contributed by atoms with van der Waals surface area (Å²) in [5, 5.41) is 5.46. The molecule has 0 fully saturated rings. The summed E-state index contributed by atoms with van der Waals surface area (Å²) in [5.41, 5.74) is 8.17. The maximum atomic E-state index is 5.78. The van der Waals surface area contributed by atoms with Crippen LogP contribution in [0.3, 0.4) is 0 Å². The van der Waals surface area contributed by atoms with E-state index in [9.17, 15) is 0 Å². The van der Waals surface area contributed by atoms with Gasteiger partial charge in [-0.1, -0.05) is 6.07 Å². The summed E-state index contributed by atoms with van der Waals surface area (Å²) in [4.78, 5) is 0. The Morgan fingerprint density at radius 1 is 1.53 bits per heavy atom. The normalized spacial score (nSPS) is 13.3. The lowest BCUT2D eigenvalue weighted by atomic mass is 10.1. The van der Waals surface area contributed by atoms with E-state index in [1.165, 1.54) is 5.56 Å². The van der Waals surface area contributed by atoms with Gasteiger partial charge in [0, 0.05) is 18.5 Å². The van der Waals surface area contributed by atoms with Gasteiger partial charge in [0.2, 0.25) is 0 Å². The lowest BCUT2D eigenvalue weighted by molar-refractivity contribution is 0.738. The van der Waals surface area contributed by atoms with Crippen LogP contribution >= 0.6 is 15.9 Å². The molecule has 1 atom stereocenters. The van der Waals surface area contributed by atoms with Crippen LogP contribution in [0.5, 0.6) is 0 Å². The van der Waals surface area contributed by atoms with E-state index in [-0.39, 0.29) is 6.04 Å². The number of fused-ring (bicyclic) bond motifs is 1. The summed E-state index contributed by atoms with van der Waals surface area (Å²) in [6.45, 7) is 2.02. The Hall–Kier alpha value is -0.870. The third-order valence-electron chi connectivity index (χ3n) is 2.43. The van der Waals surface area contributed by atoms with Gasteiger partial charge in [0.15, 0.2) is 0 Å². The van der Waals surface area contributed by atoms with Crippen molar-refractivity contribution in [3.05, 3.63) is 28.4 Å². The van der Waals surface area contributed by atoms with Gasteiger partial charge in [0.25, 0.3) is 0 Å². The number of hydrogen-bond acceptors (Lipinski definition) is 2. The molecule has 4 heteroatoms. The fraction of sp³-hybridized carbons (Fsp3) is 0.364. The summed E-state index contributed by atoms with van der Waals surface area (Å²) in [5.74, 6) is 0. The maximum absolute atomic E-state index is 5.78. The highest BCUT2D eigenvalue weighted by Crippen LogP contribution is 2.24. The third-order valence-corrected chi connectivity index (χ3v) is 3.01. The molecule has 0 spiro atoms. The molecule has 0 aliphatic heterocycles. The van der Waals surface area contributed by atoms with Crippen LogP contribution in [0.4, 0.5) is 0 Å². The van der Waals surface area contributed by atoms with Gasteiger partial charge in [0.05, 0.1) is 5.52 Å². The van der Waals surface area contributed by atoms with Crippen LogP contribution in [-0.2, 0) is 13.5 Å². The smallest absolute Gasteiger partial charge is 0.135 e. The van der Waals surface area contributed by atoms with Gasteiger partial charge in [-0.05, 0) is 47.0 Å². The number of aromatic nitrogens is 2. The van der Waals surface area contributed by atoms with Gasteiger partial charge < -0.3 is 5.73 Å². The second kappa shape index (κ2) is 3.94. The monoisotopic (exact) mass is 267 g/mol. The molecule has 0 saturated heterocycles. The minimum atomic E-state index is 0.192. The van der Waals surface area contributed by atoms with E-state index in [1.54, 1.807) is 0 Å². The van der Waals surface area contributed by atoms with Crippen LogP contribution in [0.15, 0.2) is 22.8 Å². The Balaban J connectivity index is 2.50. The summed E-state index contributed by atoms with van der Waals surface area (Å²) < 4.78 is 2.77. The van der Waals surface area contributed by atoms with Crippen LogP contribution in [-0.4, -0.2) is 15.8 Å². The van der Waals surface area contributed by atoms with Crippen LogP contribution in [0, 0.1) is 0 Å². The van der Waals surface area contributed by atoms with Gasteiger partial charge in [-0.2, -0.15) is 5.10 Å². The van der Waals surface area contributed by atoms with Crippen LogP contribution in [0.25, 0.3) is 10.9 Å². The van der Waals surface area contributed by atoms with Gasteiger partial charge in [-0.15, -0.1) is 0 Å². The highest BCUT2D eigenvalue weighted by atomic mass is 79.9. The first kappa shape index (κ1) is 10.6. The standard InChI is InChI=1S/C11H14BrN3/c1-7(13)5-8-3-4-10-9(6-8)11(12)14-15(10)2/h3-4,6-7H,5,13H2,1-2H3. The fourth-order valence-corrected chi connectivity index (χ4v) is 2.32. The Morgan fingerprint density at radius 2 is 2.27 bits per heavy atom. The molecular weight excluding hydrogens is 254 g/mol. The van der Waals surface area contributed by atoms with Gasteiger partial charge in [0.1, 0.15) is 4.60 Å². The van der Waals surface area contributed by atoms with E-state index >= 15 is 0 Å². The molecule has 15 heavy (non-hydrogen) atoms. The summed E-state index contributed by atoms with van der Waals surface area (Å²) in [6, 6.07) is 6.54. The number of nitrogens with two attached hydrogens (primary N) is 1. The Labute approximate surface area is 97.4 Å². The number of nitrogens with zero attached hydrogens (tertiary/aromatic N) is 2. The minimum absolute atomic E-state index is 0.192. The lowest BCUT2D eigenvalue weighted by Crippen LogP contribution is -2.17. The molecule has 1 unspecified atom stereocenters. The molecule has 0 aliphatic rings. The summed E-state index contributed by atoms with van der Waals surface area (Å²) >= 11 is 3.45. The van der Waals surface area contributed by atoms with E-state index < -0.39 is 0 Å². The predicted molar refractivity (Wildman–Crippen MR) is 65.8 cm³/mol. The van der Waals surface area contributed by atoms with E-state index in [4.69, 9.17) is 5.73 Å². The van der Waals surface area contributed by atoms with Crippen molar-refractivity contribution >= 4 is 26.8 Å². The number of rotatable bonds is 2. The van der Waals surface area contributed by atoms with E-state index in [0.29, 0.717) is 0 Å². The molecular formula is C11H14BrN3. The molecule has 1 aromatic heterocycles. The van der Waals surface area contributed by atoms with Crippen molar-refractivity contribution in [2.75, 3.05) is 0 Å².